The van der Waals surface area contributed by atoms with Crippen molar-refractivity contribution in [2.75, 3.05) is 4.90 Å². The Kier molecular flexibility index (Phi) is 4.53. The van der Waals surface area contributed by atoms with Gasteiger partial charge < -0.3 is 9.47 Å². The molecule has 2 nitrogen and oxygen atoms in total. The Morgan fingerprint density at radius 1 is 0.578 bits per heavy atom. The molecule has 0 fully saturated rings. The first-order chi connectivity index (χ1) is 22.4. The highest BCUT2D eigenvalue weighted by molar-refractivity contribution is 7.00. The van der Waals surface area contributed by atoms with Crippen LogP contribution in [-0.4, -0.2) is 17.3 Å². The van der Waals surface area contributed by atoms with Gasteiger partial charge in [-0.15, -0.1) is 0 Å². The molecular formula is C42H27BN2. The number of allylic oxidation sites excluding steroid dienone is 2. The van der Waals surface area contributed by atoms with Crippen molar-refractivity contribution in [1.29, 1.82) is 0 Å². The maximum absolute atomic E-state index is 2.67. The molecule has 0 saturated carbocycles. The van der Waals surface area contributed by atoms with Crippen LogP contribution >= 0.6 is 0 Å². The van der Waals surface area contributed by atoms with Gasteiger partial charge in [0, 0.05) is 39.3 Å². The second kappa shape index (κ2) is 8.55. The van der Waals surface area contributed by atoms with Crippen molar-refractivity contribution in [2.24, 2.45) is 0 Å². The minimum Gasteiger partial charge on any atom is -0.334 e. The van der Waals surface area contributed by atoms with Gasteiger partial charge in [0.25, 0.3) is 6.71 Å². The summed E-state index contributed by atoms with van der Waals surface area (Å²) in [4.78, 5) is 2.67. The summed E-state index contributed by atoms with van der Waals surface area (Å²) in [5, 5.41) is 2.66. The van der Waals surface area contributed by atoms with Gasteiger partial charge in [-0.2, -0.15) is 0 Å². The van der Waals surface area contributed by atoms with Crippen LogP contribution in [0.15, 0.2) is 152 Å². The SMILES string of the molecule is C1=CC2c3cccc4c3N(c3cc(-c5ccccc5)cc5c3B4c3ccc(-c4ccccc4)c4c6ccccc6n-5c34)C2C=C1. The predicted octanol–water partition coefficient (Wildman–Crippen LogP) is 7.99. The van der Waals surface area contributed by atoms with Crippen LogP contribution in [0, 0.1) is 0 Å². The molecular weight excluding hydrogens is 543 g/mol. The summed E-state index contributed by atoms with van der Waals surface area (Å²) in [6.45, 7) is 0.156. The van der Waals surface area contributed by atoms with Crippen molar-refractivity contribution in [3.05, 3.63) is 157 Å². The summed E-state index contributed by atoms with van der Waals surface area (Å²) >= 11 is 0. The van der Waals surface area contributed by atoms with Crippen LogP contribution in [0.25, 0.3) is 49.7 Å². The van der Waals surface area contributed by atoms with E-state index in [0.717, 1.165) is 0 Å². The van der Waals surface area contributed by atoms with Crippen LogP contribution in [0.5, 0.6) is 0 Å². The molecule has 7 aromatic rings. The molecule has 3 aliphatic heterocycles. The number of hydrogen-bond acceptors (Lipinski definition) is 1. The Morgan fingerprint density at radius 2 is 1.33 bits per heavy atom. The normalized spacial score (nSPS) is 18.0. The van der Waals surface area contributed by atoms with Gasteiger partial charge in [-0.05, 0) is 62.4 Å². The lowest BCUT2D eigenvalue weighted by Gasteiger charge is -2.41. The van der Waals surface area contributed by atoms with Crippen molar-refractivity contribution < 1.29 is 0 Å². The predicted molar refractivity (Wildman–Crippen MR) is 190 cm³/mol. The lowest BCUT2D eigenvalue weighted by molar-refractivity contribution is 0.745. The van der Waals surface area contributed by atoms with Gasteiger partial charge in [-0.1, -0.05) is 133 Å². The van der Waals surface area contributed by atoms with Gasteiger partial charge in [-0.25, -0.2) is 0 Å². The Morgan fingerprint density at radius 3 is 2.20 bits per heavy atom. The fourth-order valence-corrected chi connectivity index (χ4v) is 8.96. The first-order valence-electron chi connectivity index (χ1n) is 16.0. The fourth-order valence-electron chi connectivity index (χ4n) is 8.96. The number of aromatic nitrogens is 1. The number of para-hydroxylation sites is 2. The van der Waals surface area contributed by atoms with E-state index in [4.69, 9.17) is 0 Å². The zero-order valence-corrected chi connectivity index (χ0v) is 24.6. The van der Waals surface area contributed by atoms with E-state index in [1.165, 1.54) is 83.1 Å². The van der Waals surface area contributed by atoms with Gasteiger partial charge >= 0.3 is 0 Å². The standard InChI is InChI=1S/C42H27BN2/c1-3-12-26(13-4-1)28-24-37-40-38(25-28)45-36-21-10-8-17-32(36)39-29(27-14-5-2-6-15-27)22-23-34(42(39)45)43(40)33-19-11-18-31-30-16-7-9-20-35(30)44(37)41(31)33/h1-25,30,35H. The molecule has 4 aliphatic rings. The maximum Gasteiger partial charge on any atom is 0.252 e. The van der Waals surface area contributed by atoms with Gasteiger partial charge in [0.1, 0.15) is 0 Å². The molecule has 3 heteroatoms. The zero-order valence-electron chi connectivity index (χ0n) is 24.6. The topological polar surface area (TPSA) is 8.17 Å². The van der Waals surface area contributed by atoms with E-state index in [2.05, 4.69) is 161 Å². The molecule has 2 unspecified atom stereocenters. The fraction of sp³-hybridized carbons (Fsp3) is 0.0476. The number of hydrogen-bond donors (Lipinski definition) is 0. The minimum atomic E-state index is 0.156. The maximum atomic E-state index is 2.67. The van der Waals surface area contributed by atoms with Crippen LogP contribution in [0.4, 0.5) is 11.4 Å². The van der Waals surface area contributed by atoms with Crippen LogP contribution in [-0.2, 0) is 0 Å². The van der Waals surface area contributed by atoms with E-state index in [-0.39, 0.29) is 12.8 Å². The monoisotopic (exact) mass is 570 g/mol. The summed E-state index contributed by atoms with van der Waals surface area (Å²) in [6, 6.07) is 47.9. The molecule has 208 valence electrons. The first kappa shape index (κ1) is 23.9. The zero-order chi connectivity index (χ0) is 29.2. The van der Waals surface area contributed by atoms with Gasteiger partial charge in [0.2, 0.25) is 0 Å². The molecule has 4 heterocycles. The van der Waals surface area contributed by atoms with Crippen molar-refractivity contribution in [1.82, 2.24) is 4.57 Å². The highest BCUT2D eigenvalue weighted by atomic mass is 15.2. The number of fused-ring (bicyclic) bond motifs is 10. The van der Waals surface area contributed by atoms with Crippen molar-refractivity contribution in [3.8, 4) is 27.9 Å². The number of nitrogens with zero attached hydrogens (tertiary/aromatic N) is 2. The minimum absolute atomic E-state index is 0.156. The molecule has 6 aromatic carbocycles. The molecule has 0 saturated heterocycles. The molecule has 1 aliphatic carbocycles. The molecule has 11 rings (SSSR count). The van der Waals surface area contributed by atoms with Gasteiger partial charge in [0.15, 0.2) is 0 Å². The third kappa shape index (κ3) is 2.96. The second-order valence-electron chi connectivity index (χ2n) is 12.8. The molecule has 2 atom stereocenters. The van der Waals surface area contributed by atoms with Gasteiger partial charge in [-0.3, -0.25) is 0 Å². The lowest BCUT2D eigenvalue weighted by Crippen LogP contribution is -2.61. The quantitative estimate of drug-likeness (QED) is 0.191. The average molecular weight is 571 g/mol. The smallest absolute Gasteiger partial charge is 0.252 e. The summed E-state index contributed by atoms with van der Waals surface area (Å²) in [6.07, 6.45) is 9.27. The third-order valence-corrected chi connectivity index (χ3v) is 10.7. The number of rotatable bonds is 2. The molecule has 0 spiro atoms. The van der Waals surface area contributed by atoms with Gasteiger partial charge in [0.05, 0.1) is 11.6 Å². The van der Waals surface area contributed by atoms with E-state index in [9.17, 15) is 0 Å². The molecule has 0 bridgehead atoms. The molecule has 0 amide bonds. The highest BCUT2D eigenvalue weighted by Gasteiger charge is 2.48. The summed E-state index contributed by atoms with van der Waals surface area (Å²) in [7, 11) is 0. The van der Waals surface area contributed by atoms with E-state index in [0.29, 0.717) is 5.92 Å². The van der Waals surface area contributed by atoms with Crippen LogP contribution in [0.1, 0.15) is 11.5 Å². The Bertz CT molecular complexity index is 2450. The summed E-state index contributed by atoms with van der Waals surface area (Å²) in [5.74, 6) is 0.348. The van der Waals surface area contributed by atoms with E-state index >= 15 is 0 Å². The Hall–Kier alpha value is -5.54. The van der Waals surface area contributed by atoms with Crippen molar-refractivity contribution in [2.45, 2.75) is 12.0 Å². The number of anilines is 2. The molecule has 0 N–H and O–H groups in total. The largest absolute Gasteiger partial charge is 0.334 e. The second-order valence-corrected chi connectivity index (χ2v) is 12.8. The summed E-state index contributed by atoms with van der Waals surface area (Å²) in [5.41, 5.74) is 17.4. The van der Waals surface area contributed by atoms with Crippen molar-refractivity contribution >= 4 is 56.3 Å². The lowest BCUT2D eigenvalue weighted by atomic mass is 9.33. The third-order valence-electron chi connectivity index (χ3n) is 10.7. The molecule has 45 heavy (non-hydrogen) atoms. The van der Waals surface area contributed by atoms with Crippen LogP contribution < -0.4 is 21.3 Å². The Balaban J connectivity index is 1.34. The first-order valence-corrected chi connectivity index (χ1v) is 16.0. The van der Waals surface area contributed by atoms with E-state index < -0.39 is 0 Å². The van der Waals surface area contributed by atoms with Crippen molar-refractivity contribution in [3.63, 3.8) is 0 Å². The highest BCUT2D eigenvalue weighted by Crippen LogP contribution is 2.50. The van der Waals surface area contributed by atoms with E-state index in [1.807, 2.05) is 0 Å². The van der Waals surface area contributed by atoms with E-state index in [1.54, 1.807) is 0 Å². The van der Waals surface area contributed by atoms with Crippen LogP contribution in [0.2, 0.25) is 0 Å². The van der Waals surface area contributed by atoms with Crippen LogP contribution in [0.3, 0.4) is 0 Å². The Labute approximate surface area is 262 Å². The summed E-state index contributed by atoms with van der Waals surface area (Å²) < 4.78 is 2.59. The average Bonchev–Trinajstić information content (AvgIpc) is 3.64. The molecule has 0 radical (unpaired) electrons. The number of benzene rings is 6. The molecule has 1 aromatic heterocycles.